The van der Waals surface area contributed by atoms with Gasteiger partial charge >= 0.3 is 0 Å². The Morgan fingerprint density at radius 3 is 2.29 bits per heavy atom. The SMILES string of the molecule is CCCNCC(C)(C)CN1CCC(N2CCCCC2)CC1. The number of nitrogens with zero attached hydrogens (tertiary/aromatic N) is 2. The van der Waals surface area contributed by atoms with Crippen molar-refractivity contribution in [1.82, 2.24) is 15.1 Å². The third-order valence-corrected chi connectivity index (χ3v) is 5.15. The molecule has 0 spiro atoms. The topological polar surface area (TPSA) is 18.5 Å². The fourth-order valence-corrected chi connectivity index (χ4v) is 3.99. The van der Waals surface area contributed by atoms with Gasteiger partial charge in [-0.15, -0.1) is 0 Å². The van der Waals surface area contributed by atoms with Crippen LogP contribution < -0.4 is 5.32 Å². The Hall–Kier alpha value is -0.120. The summed E-state index contributed by atoms with van der Waals surface area (Å²) in [7, 11) is 0. The molecule has 0 saturated carbocycles. The minimum atomic E-state index is 0.396. The summed E-state index contributed by atoms with van der Waals surface area (Å²) < 4.78 is 0. The van der Waals surface area contributed by atoms with Crippen molar-refractivity contribution in [1.29, 1.82) is 0 Å². The minimum absolute atomic E-state index is 0.396. The summed E-state index contributed by atoms with van der Waals surface area (Å²) in [4.78, 5) is 5.48. The molecule has 2 heterocycles. The van der Waals surface area contributed by atoms with Gasteiger partial charge in [-0.3, -0.25) is 0 Å². The predicted octanol–water partition coefficient (Wildman–Crippen LogP) is 2.96. The molecule has 2 aliphatic heterocycles. The standard InChI is InChI=1S/C18H37N3/c1-4-10-19-15-18(2,3)16-20-13-8-17(9-14-20)21-11-6-5-7-12-21/h17,19H,4-16H2,1-3H3. The third-order valence-electron chi connectivity index (χ3n) is 5.15. The van der Waals surface area contributed by atoms with Crippen LogP contribution in [0.2, 0.25) is 0 Å². The van der Waals surface area contributed by atoms with Crippen LogP contribution in [0.25, 0.3) is 0 Å². The van der Waals surface area contributed by atoms with Crippen LogP contribution in [0.4, 0.5) is 0 Å². The number of piperidine rings is 2. The molecular formula is C18H37N3. The van der Waals surface area contributed by atoms with Crippen LogP contribution in [-0.2, 0) is 0 Å². The molecular weight excluding hydrogens is 258 g/mol. The molecule has 0 aromatic rings. The number of hydrogen-bond donors (Lipinski definition) is 1. The molecule has 0 unspecified atom stereocenters. The van der Waals surface area contributed by atoms with Gasteiger partial charge in [-0.25, -0.2) is 0 Å². The Kier molecular flexibility index (Phi) is 6.97. The number of rotatable bonds is 7. The maximum Gasteiger partial charge on any atom is 0.0120 e. The smallest absolute Gasteiger partial charge is 0.0120 e. The monoisotopic (exact) mass is 295 g/mol. The van der Waals surface area contributed by atoms with Gasteiger partial charge in [0.2, 0.25) is 0 Å². The highest BCUT2D eigenvalue weighted by molar-refractivity contribution is 4.84. The Morgan fingerprint density at radius 1 is 1.00 bits per heavy atom. The molecule has 21 heavy (non-hydrogen) atoms. The van der Waals surface area contributed by atoms with Crippen molar-refractivity contribution in [2.75, 3.05) is 45.8 Å². The van der Waals surface area contributed by atoms with E-state index in [9.17, 15) is 0 Å². The van der Waals surface area contributed by atoms with Gasteiger partial charge in [-0.05, 0) is 70.2 Å². The highest BCUT2D eigenvalue weighted by Gasteiger charge is 2.28. The van der Waals surface area contributed by atoms with Crippen molar-refractivity contribution in [3.8, 4) is 0 Å². The highest BCUT2D eigenvalue weighted by atomic mass is 15.2. The summed E-state index contributed by atoms with van der Waals surface area (Å²) in [5, 5.41) is 3.59. The quantitative estimate of drug-likeness (QED) is 0.729. The normalized spacial score (nSPS) is 23.6. The van der Waals surface area contributed by atoms with E-state index >= 15 is 0 Å². The minimum Gasteiger partial charge on any atom is -0.316 e. The lowest BCUT2D eigenvalue weighted by Gasteiger charge is -2.42. The zero-order chi connectivity index (χ0) is 15.1. The molecule has 0 radical (unpaired) electrons. The fraction of sp³-hybridized carbons (Fsp3) is 1.00. The fourth-order valence-electron chi connectivity index (χ4n) is 3.99. The molecule has 2 saturated heterocycles. The van der Waals surface area contributed by atoms with E-state index in [1.54, 1.807) is 0 Å². The van der Waals surface area contributed by atoms with Crippen LogP contribution in [-0.4, -0.2) is 61.7 Å². The molecule has 124 valence electrons. The molecule has 0 aliphatic carbocycles. The second-order valence-corrected chi connectivity index (χ2v) is 7.94. The summed E-state index contributed by atoms with van der Waals surface area (Å²) in [6.07, 6.45) is 8.31. The van der Waals surface area contributed by atoms with Crippen molar-refractivity contribution in [3.63, 3.8) is 0 Å². The lowest BCUT2D eigenvalue weighted by atomic mass is 9.91. The average Bonchev–Trinajstić information content (AvgIpc) is 2.49. The van der Waals surface area contributed by atoms with E-state index in [2.05, 4.69) is 35.9 Å². The molecule has 0 aromatic heterocycles. The Bertz CT molecular complexity index is 276. The van der Waals surface area contributed by atoms with Crippen LogP contribution >= 0.6 is 0 Å². The van der Waals surface area contributed by atoms with Crippen LogP contribution in [0.15, 0.2) is 0 Å². The summed E-state index contributed by atoms with van der Waals surface area (Å²) >= 11 is 0. The number of likely N-dealkylation sites (tertiary alicyclic amines) is 2. The van der Waals surface area contributed by atoms with E-state index in [0.29, 0.717) is 5.41 Å². The Labute approximate surface area is 132 Å². The van der Waals surface area contributed by atoms with Gasteiger partial charge in [0.05, 0.1) is 0 Å². The first kappa shape index (κ1) is 17.2. The average molecular weight is 296 g/mol. The molecule has 0 atom stereocenters. The van der Waals surface area contributed by atoms with E-state index in [1.165, 1.54) is 71.2 Å². The first-order valence-electron chi connectivity index (χ1n) is 9.28. The van der Waals surface area contributed by atoms with Gasteiger partial charge in [0, 0.05) is 19.1 Å². The van der Waals surface area contributed by atoms with E-state index in [4.69, 9.17) is 0 Å². The van der Waals surface area contributed by atoms with E-state index in [-0.39, 0.29) is 0 Å². The third kappa shape index (κ3) is 5.88. The molecule has 0 bridgehead atoms. The zero-order valence-electron chi connectivity index (χ0n) is 14.7. The summed E-state index contributed by atoms with van der Waals surface area (Å²) in [5.41, 5.74) is 0.396. The summed E-state index contributed by atoms with van der Waals surface area (Å²) in [6, 6.07) is 0.878. The maximum atomic E-state index is 3.59. The molecule has 3 heteroatoms. The Balaban J connectivity index is 1.68. The van der Waals surface area contributed by atoms with Gasteiger partial charge in [-0.1, -0.05) is 27.2 Å². The van der Waals surface area contributed by atoms with E-state index < -0.39 is 0 Å². The van der Waals surface area contributed by atoms with Crippen LogP contribution in [0.3, 0.4) is 0 Å². The van der Waals surface area contributed by atoms with E-state index in [0.717, 1.165) is 19.1 Å². The second kappa shape index (κ2) is 8.50. The van der Waals surface area contributed by atoms with Crippen LogP contribution in [0.1, 0.15) is 59.3 Å². The molecule has 1 N–H and O–H groups in total. The molecule has 0 aromatic carbocycles. The van der Waals surface area contributed by atoms with Crippen LogP contribution in [0.5, 0.6) is 0 Å². The predicted molar refractivity (Wildman–Crippen MR) is 91.8 cm³/mol. The number of hydrogen-bond acceptors (Lipinski definition) is 3. The van der Waals surface area contributed by atoms with Crippen molar-refractivity contribution in [3.05, 3.63) is 0 Å². The summed E-state index contributed by atoms with van der Waals surface area (Å²) in [5.74, 6) is 0. The first-order valence-corrected chi connectivity index (χ1v) is 9.28. The molecule has 2 fully saturated rings. The van der Waals surface area contributed by atoms with E-state index in [1.807, 2.05) is 0 Å². The zero-order valence-corrected chi connectivity index (χ0v) is 14.7. The van der Waals surface area contributed by atoms with Crippen molar-refractivity contribution in [2.45, 2.75) is 65.3 Å². The van der Waals surface area contributed by atoms with Crippen molar-refractivity contribution < 1.29 is 0 Å². The molecule has 2 aliphatic rings. The number of nitrogens with one attached hydrogen (secondary N) is 1. The largest absolute Gasteiger partial charge is 0.316 e. The molecule has 2 rings (SSSR count). The van der Waals surface area contributed by atoms with Gasteiger partial charge in [0.15, 0.2) is 0 Å². The summed E-state index contributed by atoms with van der Waals surface area (Å²) in [6.45, 7) is 15.9. The molecule has 3 nitrogen and oxygen atoms in total. The second-order valence-electron chi connectivity index (χ2n) is 7.94. The molecule has 0 amide bonds. The van der Waals surface area contributed by atoms with Gasteiger partial charge in [0.25, 0.3) is 0 Å². The Morgan fingerprint density at radius 2 is 1.67 bits per heavy atom. The van der Waals surface area contributed by atoms with Crippen LogP contribution in [0, 0.1) is 5.41 Å². The van der Waals surface area contributed by atoms with Gasteiger partial charge < -0.3 is 15.1 Å². The lowest BCUT2D eigenvalue weighted by molar-refractivity contribution is 0.0739. The first-order chi connectivity index (χ1) is 10.1. The van der Waals surface area contributed by atoms with Crippen molar-refractivity contribution in [2.24, 2.45) is 5.41 Å². The lowest BCUT2D eigenvalue weighted by Crippen LogP contribution is -2.49. The van der Waals surface area contributed by atoms with Crippen molar-refractivity contribution >= 4 is 0 Å². The van der Waals surface area contributed by atoms with Gasteiger partial charge in [-0.2, -0.15) is 0 Å². The highest BCUT2D eigenvalue weighted by Crippen LogP contribution is 2.23. The maximum absolute atomic E-state index is 3.59. The van der Waals surface area contributed by atoms with Gasteiger partial charge in [0.1, 0.15) is 0 Å².